The Morgan fingerprint density at radius 3 is 1.83 bits per heavy atom. The number of sulfonamides is 1. The van der Waals surface area contributed by atoms with Crippen molar-refractivity contribution in [1.82, 2.24) is 4.13 Å². The summed E-state index contributed by atoms with van der Waals surface area (Å²) in [7, 11) is -3.17. The van der Waals surface area contributed by atoms with E-state index in [4.69, 9.17) is 0 Å². The van der Waals surface area contributed by atoms with Gasteiger partial charge in [0.1, 0.15) is 6.26 Å². The molecule has 0 saturated heterocycles. The predicted molar refractivity (Wildman–Crippen MR) is 26.0 cm³/mol. The van der Waals surface area contributed by atoms with Crippen molar-refractivity contribution in [3.05, 3.63) is 0 Å². The van der Waals surface area contributed by atoms with Gasteiger partial charge in [0, 0.05) is 0 Å². The lowest BCUT2D eigenvalue weighted by molar-refractivity contribution is 0.600. The molecule has 0 aromatic rings. The molecule has 0 rings (SSSR count). The second kappa shape index (κ2) is 1.81. The minimum Gasteiger partial charge on any atom is -0.161 e. The minimum absolute atomic E-state index is 0.972. The zero-order chi connectivity index (χ0) is 5.21. The van der Waals surface area contributed by atoms with E-state index >= 15 is 0 Å². The molecule has 0 spiro atoms. The molecule has 0 atom stereocenters. The highest BCUT2D eigenvalue weighted by Crippen LogP contribution is 1.75. The van der Waals surface area contributed by atoms with E-state index in [2.05, 4.69) is 16.9 Å². The highest BCUT2D eigenvalue weighted by molar-refractivity contribution is 7.99. The van der Waals surface area contributed by atoms with Gasteiger partial charge in [-0.2, -0.15) is 8.42 Å². The van der Waals surface area contributed by atoms with E-state index < -0.39 is 10.0 Å². The molecular formula is CH4NO2S2+. The SMILES string of the molecule is CS(=O)(=O)[N+]S. The quantitative estimate of drug-likeness (QED) is 0.477. The molecule has 0 aromatic heterocycles. The highest BCUT2D eigenvalue weighted by Gasteiger charge is 2.11. The largest absolute Gasteiger partial charge is 0.409 e. The maximum Gasteiger partial charge on any atom is 0.409 e. The zero-order valence-electron chi connectivity index (χ0n) is 3.12. The van der Waals surface area contributed by atoms with Gasteiger partial charge in [-0.25, -0.2) is 0 Å². The molecule has 6 heavy (non-hydrogen) atoms. The first-order valence-corrected chi connectivity index (χ1v) is 3.37. The van der Waals surface area contributed by atoms with Crippen LogP contribution in [0.4, 0.5) is 0 Å². The van der Waals surface area contributed by atoms with Crippen LogP contribution < -0.4 is 4.13 Å². The van der Waals surface area contributed by atoms with Gasteiger partial charge in [0.05, 0.1) is 0 Å². The first-order chi connectivity index (χ1) is 2.56. The Labute approximate surface area is 42.3 Å². The van der Waals surface area contributed by atoms with Crippen LogP contribution in [-0.2, 0) is 10.0 Å². The van der Waals surface area contributed by atoms with Crippen molar-refractivity contribution in [2.24, 2.45) is 0 Å². The summed E-state index contributed by atoms with van der Waals surface area (Å²) in [5.74, 6) is 0. The summed E-state index contributed by atoms with van der Waals surface area (Å²) >= 11 is 3.14. The Hall–Kier alpha value is 0.260. The van der Waals surface area contributed by atoms with E-state index in [0.717, 1.165) is 6.26 Å². The Bertz CT molecular complexity index is 114. The van der Waals surface area contributed by atoms with E-state index in [9.17, 15) is 8.42 Å². The Balaban J connectivity index is 3.85. The fourth-order valence-electron chi connectivity index (χ4n) is 0. The van der Waals surface area contributed by atoms with Crippen molar-refractivity contribution < 1.29 is 8.42 Å². The van der Waals surface area contributed by atoms with Gasteiger partial charge < -0.3 is 0 Å². The molecule has 0 aliphatic rings. The van der Waals surface area contributed by atoms with E-state index in [1.54, 1.807) is 0 Å². The molecule has 0 fully saturated rings. The number of hydrogen-bond acceptors (Lipinski definition) is 3. The molecule has 0 unspecified atom stereocenters. The van der Waals surface area contributed by atoms with Crippen LogP contribution in [0.1, 0.15) is 0 Å². The third-order valence-corrected chi connectivity index (χ3v) is 1.33. The average Bonchev–Trinajstić information content (AvgIpc) is 1.35. The van der Waals surface area contributed by atoms with Crippen LogP contribution in [0.25, 0.3) is 0 Å². The molecule has 0 N–H and O–H groups in total. The molecule has 0 bridgehead atoms. The van der Waals surface area contributed by atoms with Crippen LogP contribution in [0, 0.1) is 0 Å². The fraction of sp³-hybridized carbons (Fsp3) is 1.00. The topological polar surface area (TPSA) is 48.2 Å². The van der Waals surface area contributed by atoms with Crippen molar-refractivity contribution in [1.29, 1.82) is 0 Å². The van der Waals surface area contributed by atoms with Gasteiger partial charge in [-0.1, -0.05) is 0 Å². The third kappa shape index (κ3) is 4.26. The van der Waals surface area contributed by atoms with Crippen molar-refractivity contribution in [2.45, 2.75) is 0 Å². The van der Waals surface area contributed by atoms with Crippen molar-refractivity contribution in [3.63, 3.8) is 0 Å². The van der Waals surface area contributed by atoms with Crippen LogP contribution in [0.15, 0.2) is 0 Å². The van der Waals surface area contributed by atoms with Gasteiger partial charge in [-0.05, 0) is 0 Å². The summed E-state index contributed by atoms with van der Waals surface area (Å²) in [5.41, 5.74) is 0. The maximum atomic E-state index is 9.76. The predicted octanol–water partition coefficient (Wildman–Crippen LogP) is -0.605. The summed E-state index contributed by atoms with van der Waals surface area (Å²) in [6, 6.07) is 0. The normalized spacial score (nSPS) is 11.7. The van der Waals surface area contributed by atoms with Crippen molar-refractivity contribution in [3.8, 4) is 0 Å². The van der Waals surface area contributed by atoms with Gasteiger partial charge in [0.2, 0.25) is 12.8 Å². The van der Waals surface area contributed by atoms with Crippen LogP contribution >= 0.6 is 12.8 Å². The Morgan fingerprint density at radius 1 is 1.67 bits per heavy atom. The third-order valence-electron chi connectivity index (χ3n) is 0.148. The van der Waals surface area contributed by atoms with Crippen LogP contribution in [-0.4, -0.2) is 14.7 Å². The number of thiol groups is 1. The van der Waals surface area contributed by atoms with Crippen LogP contribution in [0.3, 0.4) is 0 Å². The van der Waals surface area contributed by atoms with E-state index in [-0.39, 0.29) is 0 Å². The van der Waals surface area contributed by atoms with Gasteiger partial charge in [0.25, 0.3) is 4.13 Å². The van der Waals surface area contributed by atoms with Gasteiger partial charge >= 0.3 is 10.0 Å². The minimum atomic E-state index is -3.17. The van der Waals surface area contributed by atoms with E-state index in [1.807, 2.05) is 0 Å². The zero-order valence-corrected chi connectivity index (χ0v) is 4.83. The fourth-order valence-corrected chi connectivity index (χ4v) is 0. The molecule has 2 radical (unpaired) electrons. The smallest absolute Gasteiger partial charge is 0.161 e. The lowest BCUT2D eigenvalue weighted by atomic mass is 12.0. The van der Waals surface area contributed by atoms with Crippen molar-refractivity contribution in [2.75, 3.05) is 6.26 Å². The standard InChI is InChI=1S/CH4NO2S2/c1-6(3,4)2-5/h5H,1H3/q+1. The van der Waals surface area contributed by atoms with Crippen LogP contribution in [0.2, 0.25) is 0 Å². The first kappa shape index (κ1) is 6.26. The molecular weight excluding hydrogens is 122 g/mol. The van der Waals surface area contributed by atoms with Crippen LogP contribution in [0.5, 0.6) is 0 Å². The molecule has 36 valence electrons. The first-order valence-electron chi connectivity index (χ1n) is 1.12. The van der Waals surface area contributed by atoms with Gasteiger partial charge in [-0.15, -0.1) is 0 Å². The highest BCUT2D eigenvalue weighted by atomic mass is 32.3. The summed E-state index contributed by atoms with van der Waals surface area (Å²) in [6.07, 6.45) is 0.972. The second-order valence-corrected chi connectivity index (χ2v) is 2.93. The van der Waals surface area contributed by atoms with Gasteiger partial charge in [0.15, 0.2) is 0 Å². The molecule has 0 amide bonds. The summed E-state index contributed by atoms with van der Waals surface area (Å²) in [5, 5.41) is 0. The maximum absolute atomic E-state index is 9.76. The molecule has 3 nitrogen and oxygen atoms in total. The summed E-state index contributed by atoms with van der Waals surface area (Å²) in [4.78, 5) is 0. The van der Waals surface area contributed by atoms with Crippen molar-refractivity contribution >= 4 is 22.8 Å². The molecule has 0 aliphatic heterocycles. The molecule has 0 aromatic carbocycles. The van der Waals surface area contributed by atoms with E-state index in [1.165, 1.54) is 0 Å². The molecule has 0 heterocycles. The second-order valence-electron chi connectivity index (χ2n) is 0.815. The Morgan fingerprint density at radius 2 is 1.83 bits per heavy atom. The Kier molecular flexibility index (Phi) is 1.89. The lowest BCUT2D eigenvalue weighted by Crippen LogP contribution is -2.01. The summed E-state index contributed by atoms with van der Waals surface area (Å²) in [6.45, 7) is 0. The molecule has 5 heteroatoms. The van der Waals surface area contributed by atoms with Gasteiger partial charge in [-0.3, -0.25) is 0 Å². The lowest BCUT2D eigenvalue weighted by Gasteiger charge is -1.61. The average molecular weight is 126 g/mol. The molecule has 0 aliphatic carbocycles. The summed E-state index contributed by atoms with van der Waals surface area (Å²) < 4.78 is 22.2. The number of hydrogen-bond donors (Lipinski definition) is 1. The number of nitrogens with zero attached hydrogens (tertiary/aromatic N) is 1. The van der Waals surface area contributed by atoms with E-state index in [0.29, 0.717) is 0 Å². The number of rotatable bonds is 1. The monoisotopic (exact) mass is 126 g/mol. The molecule has 0 saturated carbocycles.